The van der Waals surface area contributed by atoms with E-state index in [4.69, 9.17) is 15.9 Å². The van der Waals surface area contributed by atoms with Crippen LogP contribution in [0.2, 0.25) is 0 Å². The van der Waals surface area contributed by atoms with Crippen molar-refractivity contribution in [1.82, 2.24) is 4.98 Å². The molecule has 16 heavy (non-hydrogen) atoms. The zero-order chi connectivity index (χ0) is 12.2. The average molecular weight is 221 g/mol. The highest BCUT2D eigenvalue weighted by Crippen LogP contribution is 2.19. The van der Waals surface area contributed by atoms with Crippen LogP contribution in [0, 0.1) is 10.8 Å². The van der Waals surface area contributed by atoms with Crippen LogP contribution in [0.1, 0.15) is 32.8 Å². The van der Waals surface area contributed by atoms with Crippen LogP contribution < -0.4 is 10.5 Å². The van der Waals surface area contributed by atoms with Crippen LogP contribution in [-0.4, -0.2) is 17.4 Å². The van der Waals surface area contributed by atoms with E-state index in [1.54, 1.807) is 18.3 Å². The van der Waals surface area contributed by atoms with Gasteiger partial charge >= 0.3 is 0 Å². The van der Waals surface area contributed by atoms with E-state index in [9.17, 15) is 0 Å². The summed E-state index contributed by atoms with van der Waals surface area (Å²) in [6, 6.07) is 3.38. The van der Waals surface area contributed by atoms with Crippen molar-refractivity contribution in [1.29, 1.82) is 5.41 Å². The average Bonchev–Trinajstić information content (AvgIpc) is 2.16. The monoisotopic (exact) mass is 221 g/mol. The minimum Gasteiger partial charge on any atom is -0.478 e. The number of nitrogens with zero attached hydrogens (tertiary/aromatic N) is 1. The molecule has 0 spiro atoms. The number of nitrogens with two attached hydrogens (primary N) is 1. The Kier molecular flexibility index (Phi) is 3.88. The maximum absolute atomic E-state index is 7.30. The number of nitrogens with one attached hydrogen (secondary N) is 1. The van der Waals surface area contributed by atoms with Crippen LogP contribution in [-0.2, 0) is 0 Å². The summed E-state index contributed by atoms with van der Waals surface area (Å²) < 4.78 is 5.51. The molecule has 0 aromatic carbocycles. The highest BCUT2D eigenvalue weighted by molar-refractivity contribution is 5.95. The molecular formula is C12H19N3O. The minimum atomic E-state index is 0.0306. The predicted octanol–water partition coefficient (Wildman–Crippen LogP) is 2.18. The third-order valence-corrected chi connectivity index (χ3v) is 2.15. The Bertz CT molecular complexity index is 369. The summed E-state index contributed by atoms with van der Waals surface area (Å²) in [6.45, 7) is 7.11. The molecule has 1 rings (SSSR count). The molecule has 0 saturated carbocycles. The van der Waals surface area contributed by atoms with Crippen molar-refractivity contribution < 1.29 is 4.74 Å². The standard InChI is InChI=1S/C12H19N3O/c1-12(2,3)5-7-16-10-8-9(11(13)14)4-6-15-10/h4,6,8H,5,7H2,1-3H3,(H3,13,14). The van der Waals surface area contributed by atoms with Crippen molar-refractivity contribution in [2.75, 3.05) is 6.61 Å². The molecule has 1 aromatic heterocycles. The fourth-order valence-corrected chi connectivity index (χ4v) is 1.12. The first kappa shape index (κ1) is 12.5. The summed E-state index contributed by atoms with van der Waals surface area (Å²) in [6.07, 6.45) is 2.56. The first-order chi connectivity index (χ1) is 7.38. The van der Waals surface area contributed by atoms with Crippen LogP contribution in [0.4, 0.5) is 0 Å². The van der Waals surface area contributed by atoms with E-state index >= 15 is 0 Å². The lowest BCUT2D eigenvalue weighted by molar-refractivity contribution is 0.236. The molecule has 0 saturated heterocycles. The summed E-state index contributed by atoms with van der Waals surface area (Å²) in [7, 11) is 0. The highest BCUT2D eigenvalue weighted by Gasteiger charge is 2.10. The zero-order valence-corrected chi connectivity index (χ0v) is 10.1. The Morgan fingerprint density at radius 2 is 2.19 bits per heavy atom. The van der Waals surface area contributed by atoms with Gasteiger partial charge in [0.05, 0.1) is 6.61 Å². The molecule has 4 nitrogen and oxygen atoms in total. The smallest absolute Gasteiger partial charge is 0.213 e. The second kappa shape index (κ2) is 4.96. The molecule has 0 aliphatic carbocycles. The van der Waals surface area contributed by atoms with Crippen LogP contribution in [0.25, 0.3) is 0 Å². The lowest BCUT2D eigenvalue weighted by Gasteiger charge is -2.17. The number of amidine groups is 1. The molecule has 0 amide bonds. The quantitative estimate of drug-likeness (QED) is 0.604. The maximum Gasteiger partial charge on any atom is 0.213 e. The molecule has 0 bridgehead atoms. The van der Waals surface area contributed by atoms with Crippen LogP contribution in [0.5, 0.6) is 5.88 Å². The van der Waals surface area contributed by atoms with E-state index in [1.165, 1.54) is 0 Å². The first-order valence-corrected chi connectivity index (χ1v) is 5.32. The fraction of sp³-hybridized carbons (Fsp3) is 0.500. The van der Waals surface area contributed by atoms with E-state index in [0.29, 0.717) is 18.1 Å². The Hall–Kier alpha value is -1.58. The van der Waals surface area contributed by atoms with E-state index in [0.717, 1.165) is 6.42 Å². The number of nitrogen functional groups attached to an aromatic ring is 1. The van der Waals surface area contributed by atoms with Gasteiger partial charge < -0.3 is 10.5 Å². The summed E-state index contributed by atoms with van der Waals surface area (Å²) >= 11 is 0. The van der Waals surface area contributed by atoms with Gasteiger partial charge in [-0.1, -0.05) is 20.8 Å². The van der Waals surface area contributed by atoms with Gasteiger partial charge in [0.2, 0.25) is 5.88 Å². The highest BCUT2D eigenvalue weighted by atomic mass is 16.5. The van der Waals surface area contributed by atoms with E-state index in [2.05, 4.69) is 25.8 Å². The largest absolute Gasteiger partial charge is 0.478 e. The summed E-state index contributed by atoms with van der Waals surface area (Å²) in [5.41, 5.74) is 6.27. The SMILES string of the molecule is CC(C)(C)CCOc1cc(C(=N)N)ccn1. The van der Waals surface area contributed by atoms with E-state index in [1.807, 2.05) is 0 Å². The summed E-state index contributed by atoms with van der Waals surface area (Å²) in [4.78, 5) is 4.07. The van der Waals surface area contributed by atoms with Crippen LogP contribution >= 0.6 is 0 Å². The van der Waals surface area contributed by atoms with Crippen molar-refractivity contribution in [3.63, 3.8) is 0 Å². The van der Waals surface area contributed by atoms with Gasteiger partial charge in [0.15, 0.2) is 0 Å². The molecule has 0 radical (unpaired) electrons. The van der Waals surface area contributed by atoms with Crippen molar-refractivity contribution in [2.24, 2.45) is 11.1 Å². The van der Waals surface area contributed by atoms with Gasteiger partial charge in [0, 0.05) is 17.8 Å². The number of hydrogen-bond acceptors (Lipinski definition) is 3. The van der Waals surface area contributed by atoms with Crippen molar-refractivity contribution in [3.05, 3.63) is 23.9 Å². The lowest BCUT2D eigenvalue weighted by atomic mass is 9.93. The second-order valence-electron chi connectivity index (χ2n) is 4.96. The molecular weight excluding hydrogens is 202 g/mol. The summed E-state index contributed by atoms with van der Waals surface area (Å²) in [5.74, 6) is 0.556. The minimum absolute atomic E-state index is 0.0306. The van der Waals surface area contributed by atoms with Crippen molar-refractivity contribution in [2.45, 2.75) is 27.2 Å². The number of ether oxygens (including phenoxy) is 1. The Balaban J connectivity index is 2.55. The maximum atomic E-state index is 7.30. The topological polar surface area (TPSA) is 72.0 Å². The Morgan fingerprint density at radius 1 is 1.50 bits per heavy atom. The number of aromatic nitrogens is 1. The molecule has 0 aliphatic heterocycles. The van der Waals surface area contributed by atoms with Gasteiger partial charge in [-0.25, -0.2) is 4.98 Å². The Labute approximate surface area is 96.3 Å². The molecule has 0 fully saturated rings. The molecule has 1 aromatic rings. The van der Waals surface area contributed by atoms with E-state index in [-0.39, 0.29) is 11.3 Å². The van der Waals surface area contributed by atoms with Crippen LogP contribution in [0.3, 0.4) is 0 Å². The number of hydrogen-bond donors (Lipinski definition) is 2. The van der Waals surface area contributed by atoms with Gasteiger partial charge in [-0.2, -0.15) is 0 Å². The molecule has 88 valence electrons. The Morgan fingerprint density at radius 3 is 2.75 bits per heavy atom. The molecule has 0 aliphatic rings. The molecule has 3 N–H and O–H groups in total. The molecule has 0 unspecified atom stereocenters. The third kappa shape index (κ3) is 4.29. The zero-order valence-electron chi connectivity index (χ0n) is 10.1. The van der Waals surface area contributed by atoms with Gasteiger partial charge in [0.1, 0.15) is 5.84 Å². The third-order valence-electron chi connectivity index (χ3n) is 2.15. The molecule has 0 atom stereocenters. The van der Waals surface area contributed by atoms with Gasteiger partial charge in [-0.15, -0.1) is 0 Å². The fourth-order valence-electron chi connectivity index (χ4n) is 1.12. The van der Waals surface area contributed by atoms with Crippen molar-refractivity contribution in [3.8, 4) is 5.88 Å². The molecule has 4 heteroatoms. The van der Waals surface area contributed by atoms with Crippen molar-refractivity contribution >= 4 is 5.84 Å². The number of rotatable bonds is 4. The number of pyridine rings is 1. The van der Waals surface area contributed by atoms with Gasteiger partial charge in [-0.05, 0) is 17.9 Å². The van der Waals surface area contributed by atoms with E-state index < -0.39 is 0 Å². The van der Waals surface area contributed by atoms with Gasteiger partial charge in [0.25, 0.3) is 0 Å². The second-order valence-corrected chi connectivity index (χ2v) is 4.96. The predicted molar refractivity (Wildman–Crippen MR) is 64.8 cm³/mol. The first-order valence-electron chi connectivity index (χ1n) is 5.32. The lowest BCUT2D eigenvalue weighted by Crippen LogP contribution is -2.13. The molecule has 1 heterocycles. The van der Waals surface area contributed by atoms with Gasteiger partial charge in [-0.3, -0.25) is 5.41 Å². The van der Waals surface area contributed by atoms with Crippen LogP contribution in [0.15, 0.2) is 18.3 Å². The summed E-state index contributed by atoms with van der Waals surface area (Å²) in [5, 5.41) is 7.30. The normalized spacial score (nSPS) is 11.2.